The number of nitrogens with two attached hydrogens (primary N) is 1. The maximum atomic E-state index is 12.1. The molecule has 1 fully saturated rings. The van der Waals surface area contributed by atoms with Crippen LogP contribution in [0.1, 0.15) is 38.3 Å². The Morgan fingerprint density at radius 3 is 2.36 bits per heavy atom. The first-order valence-corrected chi connectivity index (χ1v) is 7.64. The zero-order valence-corrected chi connectivity index (χ0v) is 13.5. The maximum absolute atomic E-state index is 12.1. The standard InChI is InChI=1S/C18H24N2O2/c1-18(2,3)15-7-4-13(5-8-15)6-9-16(21)20-11-10-14(12-20)17(19)22/h4-9,14H,10-12H2,1-3H3,(H2,19,22)/b9-6+. The van der Waals surface area contributed by atoms with Crippen LogP contribution in [0.5, 0.6) is 0 Å². The Morgan fingerprint density at radius 2 is 1.86 bits per heavy atom. The molecule has 0 aliphatic carbocycles. The van der Waals surface area contributed by atoms with Gasteiger partial charge in [-0.05, 0) is 29.0 Å². The number of benzene rings is 1. The van der Waals surface area contributed by atoms with Gasteiger partial charge in [0.2, 0.25) is 11.8 Å². The molecule has 22 heavy (non-hydrogen) atoms. The molecule has 0 spiro atoms. The molecule has 118 valence electrons. The lowest BCUT2D eigenvalue weighted by Gasteiger charge is -2.18. The average molecular weight is 300 g/mol. The number of amides is 2. The predicted octanol–water partition coefficient (Wildman–Crippen LogP) is 2.33. The summed E-state index contributed by atoms with van der Waals surface area (Å²) in [7, 11) is 0. The van der Waals surface area contributed by atoms with Crippen LogP contribution in [0, 0.1) is 5.92 Å². The second-order valence-corrected chi connectivity index (χ2v) is 6.88. The average Bonchev–Trinajstić information content (AvgIpc) is 2.94. The number of hydrogen-bond acceptors (Lipinski definition) is 2. The molecule has 2 N–H and O–H groups in total. The van der Waals surface area contributed by atoms with E-state index in [9.17, 15) is 9.59 Å². The third-order valence-electron chi connectivity index (χ3n) is 4.10. The van der Waals surface area contributed by atoms with Crippen LogP contribution in [-0.2, 0) is 15.0 Å². The summed E-state index contributed by atoms with van der Waals surface area (Å²) >= 11 is 0. The molecule has 1 saturated heterocycles. The molecule has 0 saturated carbocycles. The number of carbonyl (C=O) groups is 2. The lowest BCUT2D eigenvalue weighted by Crippen LogP contribution is -2.30. The summed E-state index contributed by atoms with van der Waals surface area (Å²) in [5, 5.41) is 0. The zero-order chi connectivity index (χ0) is 16.3. The fraction of sp³-hybridized carbons (Fsp3) is 0.444. The van der Waals surface area contributed by atoms with Crippen molar-refractivity contribution in [1.29, 1.82) is 0 Å². The van der Waals surface area contributed by atoms with Crippen LogP contribution in [0.15, 0.2) is 30.3 Å². The monoisotopic (exact) mass is 300 g/mol. The number of primary amides is 1. The van der Waals surface area contributed by atoms with E-state index in [0.29, 0.717) is 19.5 Å². The smallest absolute Gasteiger partial charge is 0.246 e. The summed E-state index contributed by atoms with van der Waals surface area (Å²) in [4.78, 5) is 24.9. The highest BCUT2D eigenvalue weighted by molar-refractivity contribution is 5.92. The summed E-state index contributed by atoms with van der Waals surface area (Å²) in [6.07, 6.45) is 4.04. The molecule has 1 aromatic carbocycles. The van der Waals surface area contributed by atoms with Gasteiger partial charge in [-0.1, -0.05) is 45.0 Å². The molecule has 1 aromatic rings. The van der Waals surface area contributed by atoms with Gasteiger partial charge in [-0.2, -0.15) is 0 Å². The van der Waals surface area contributed by atoms with Gasteiger partial charge < -0.3 is 10.6 Å². The number of likely N-dealkylation sites (tertiary alicyclic amines) is 1. The van der Waals surface area contributed by atoms with E-state index in [-0.39, 0.29) is 23.1 Å². The summed E-state index contributed by atoms with van der Waals surface area (Å²) in [5.74, 6) is -0.593. The summed E-state index contributed by atoms with van der Waals surface area (Å²) < 4.78 is 0. The highest BCUT2D eigenvalue weighted by atomic mass is 16.2. The third kappa shape index (κ3) is 3.97. The van der Waals surface area contributed by atoms with Crippen molar-refractivity contribution < 1.29 is 9.59 Å². The Morgan fingerprint density at radius 1 is 1.23 bits per heavy atom. The van der Waals surface area contributed by atoms with E-state index in [1.165, 1.54) is 5.56 Å². The largest absolute Gasteiger partial charge is 0.369 e. The number of rotatable bonds is 3. The Hall–Kier alpha value is -2.10. The SMILES string of the molecule is CC(C)(C)c1ccc(/C=C/C(=O)N2CCC(C(N)=O)C2)cc1. The molecule has 4 nitrogen and oxygen atoms in total. The molecule has 2 rings (SSSR count). The second-order valence-electron chi connectivity index (χ2n) is 6.88. The van der Waals surface area contributed by atoms with E-state index >= 15 is 0 Å². The van der Waals surface area contributed by atoms with Gasteiger partial charge >= 0.3 is 0 Å². The molecule has 1 heterocycles. The Labute approximate surface area is 132 Å². The molecule has 0 bridgehead atoms. The Bertz CT molecular complexity index is 582. The van der Waals surface area contributed by atoms with Crippen LogP contribution in [0.25, 0.3) is 6.08 Å². The first kappa shape index (κ1) is 16.3. The highest BCUT2D eigenvalue weighted by Gasteiger charge is 2.28. The third-order valence-corrected chi connectivity index (χ3v) is 4.10. The van der Waals surface area contributed by atoms with Crippen molar-refractivity contribution in [3.63, 3.8) is 0 Å². The summed E-state index contributed by atoms with van der Waals surface area (Å²) in [6.45, 7) is 7.54. The molecular formula is C18H24N2O2. The van der Waals surface area contributed by atoms with Gasteiger partial charge in [0.05, 0.1) is 5.92 Å². The number of nitrogens with zero attached hydrogens (tertiary/aromatic N) is 1. The van der Waals surface area contributed by atoms with Crippen molar-refractivity contribution in [2.75, 3.05) is 13.1 Å². The zero-order valence-electron chi connectivity index (χ0n) is 13.5. The van der Waals surface area contributed by atoms with Gasteiger partial charge in [0.1, 0.15) is 0 Å². The maximum Gasteiger partial charge on any atom is 0.246 e. The Kier molecular flexibility index (Phi) is 4.69. The molecule has 0 radical (unpaired) electrons. The van der Waals surface area contributed by atoms with Crippen molar-refractivity contribution in [3.05, 3.63) is 41.5 Å². The van der Waals surface area contributed by atoms with E-state index in [4.69, 9.17) is 5.73 Å². The van der Waals surface area contributed by atoms with Crippen LogP contribution in [0.4, 0.5) is 0 Å². The molecule has 1 unspecified atom stereocenters. The number of carbonyl (C=O) groups excluding carboxylic acids is 2. The molecular weight excluding hydrogens is 276 g/mol. The topological polar surface area (TPSA) is 63.4 Å². The quantitative estimate of drug-likeness (QED) is 0.871. The van der Waals surface area contributed by atoms with Crippen molar-refractivity contribution in [2.24, 2.45) is 11.7 Å². The van der Waals surface area contributed by atoms with Gasteiger partial charge in [-0.3, -0.25) is 9.59 Å². The molecule has 1 aliphatic heterocycles. The minimum Gasteiger partial charge on any atom is -0.369 e. The first-order chi connectivity index (χ1) is 10.3. The van der Waals surface area contributed by atoms with E-state index in [2.05, 4.69) is 32.9 Å². The fourth-order valence-corrected chi connectivity index (χ4v) is 2.56. The second kappa shape index (κ2) is 6.34. The Balaban J connectivity index is 1.97. The predicted molar refractivity (Wildman–Crippen MR) is 88.1 cm³/mol. The van der Waals surface area contributed by atoms with Gasteiger partial charge in [-0.15, -0.1) is 0 Å². The molecule has 0 aromatic heterocycles. The van der Waals surface area contributed by atoms with Crippen molar-refractivity contribution >= 4 is 17.9 Å². The van der Waals surface area contributed by atoms with Gasteiger partial charge in [0.15, 0.2) is 0 Å². The van der Waals surface area contributed by atoms with Crippen LogP contribution < -0.4 is 5.73 Å². The summed E-state index contributed by atoms with van der Waals surface area (Å²) in [6, 6.07) is 8.20. The van der Waals surface area contributed by atoms with Crippen LogP contribution >= 0.6 is 0 Å². The molecule has 1 aliphatic rings. The molecule has 1 atom stereocenters. The van der Waals surface area contributed by atoms with Crippen molar-refractivity contribution in [1.82, 2.24) is 4.90 Å². The molecule has 4 heteroatoms. The fourth-order valence-electron chi connectivity index (χ4n) is 2.56. The minimum absolute atomic E-state index is 0.0661. The van der Waals surface area contributed by atoms with E-state index in [1.807, 2.05) is 18.2 Å². The van der Waals surface area contributed by atoms with Crippen LogP contribution in [0.3, 0.4) is 0 Å². The van der Waals surface area contributed by atoms with Crippen molar-refractivity contribution in [3.8, 4) is 0 Å². The lowest BCUT2D eigenvalue weighted by atomic mass is 9.87. The van der Waals surface area contributed by atoms with Crippen molar-refractivity contribution in [2.45, 2.75) is 32.6 Å². The first-order valence-electron chi connectivity index (χ1n) is 7.64. The van der Waals surface area contributed by atoms with Crippen LogP contribution in [0.2, 0.25) is 0 Å². The van der Waals surface area contributed by atoms with Gasteiger partial charge in [-0.25, -0.2) is 0 Å². The van der Waals surface area contributed by atoms with Gasteiger partial charge in [0, 0.05) is 19.2 Å². The van der Waals surface area contributed by atoms with Crippen LogP contribution in [-0.4, -0.2) is 29.8 Å². The minimum atomic E-state index is -0.322. The van der Waals surface area contributed by atoms with E-state index in [1.54, 1.807) is 11.0 Å². The molecule has 2 amide bonds. The highest BCUT2D eigenvalue weighted by Crippen LogP contribution is 2.22. The van der Waals surface area contributed by atoms with Gasteiger partial charge in [0.25, 0.3) is 0 Å². The van der Waals surface area contributed by atoms with E-state index in [0.717, 1.165) is 5.56 Å². The normalized spacial score (nSPS) is 18.9. The lowest BCUT2D eigenvalue weighted by molar-refractivity contribution is -0.125. The summed E-state index contributed by atoms with van der Waals surface area (Å²) in [5.41, 5.74) is 7.66. The van der Waals surface area contributed by atoms with E-state index < -0.39 is 0 Å². The number of hydrogen-bond donors (Lipinski definition) is 1.